The Morgan fingerprint density at radius 1 is 1.27 bits per heavy atom. The van der Waals surface area contributed by atoms with E-state index in [1.807, 2.05) is 18.2 Å². The maximum atomic E-state index is 12.3. The largest absolute Gasteiger partial charge is 0.460 e. The molecular weight excluding hydrogens is 388 g/mol. The summed E-state index contributed by atoms with van der Waals surface area (Å²) < 4.78 is 12.4. The fraction of sp³-hybridized carbons (Fsp3) is 0.400. The molecule has 2 heterocycles. The van der Waals surface area contributed by atoms with Crippen molar-refractivity contribution >= 4 is 23.1 Å². The summed E-state index contributed by atoms with van der Waals surface area (Å²) in [5.41, 5.74) is 7.25. The Morgan fingerprint density at radius 3 is 2.83 bits per heavy atom. The molecular formula is C20H26N6O4. The number of H-pyrrole nitrogens is 1. The van der Waals surface area contributed by atoms with E-state index in [-0.39, 0.29) is 31.4 Å². The van der Waals surface area contributed by atoms with Gasteiger partial charge < -0.3 is 15.2 Å². The monoisotopic (exact) mass is 414 g/mol. The van der Waals surface area contributed by atoms with Gasteiger partial charge in [0, 0.05) is 6.54 Å². The summed E-state index contributed by atoms with van der Waals surface area (Å²) >= 11 is 0. The van der Waals surface area contributed by atoms with Crippen LogP contribution in [0.5, 0.6) is 0 Å². The van der Waals surface area contributed by atoms with Crippen molar-refractivity contribution < 1.29 is 14.3 Å². The standard InChI is InChI=1S/C20H26N6O4/c1-3-25(4-2)11-14-6-5-7-15(10-14)19(28)30-9-8-29-13-26-12-22-16-17(26)23-20(21)24-18(16)27/h5-7,10,12H,3-4,8-9,11,13H2,1-2H3,(H3,21,23,24,27). The van der Waals surface area contributed by atoms with Gasteiger partial charge in [0.05, 0.1) is 18.5 Å². The molecule has 2 aromatic heterocycles. The van der Waals surface area contributed by atoms with Crippen LogP contribution in [0.1, 0.15) is 29.8 Å². The van der Waals surface area contributed by atoms with E-state index < -0.39 is 11.5 Å². The predicted molar refractivity (Wildman–Crippen MR) is 112 cm³/mol. The highest BCUT2D eigenvalue weighted by molar-refractivity contribution is 5.89. The SMILES string of the molecule is CCN(CC)Cc1cccc(C(=O)OCCOCn2cnc3c(=O)[nH]c(N)nc32)c1. The van der Waals surface area contributed by atoms with Crippen molar-refractivity contribution in [1.29, 1.82) is 0 Å². The van der Waals surface area contributed by atoms with Gasteiger partial charge >= 0.3 is 5.97 Å². The number of esters is 1. The number of anilines is 1. The van der Waals surface area contributed by atoms with Crippen molar-refractivity contribution in [2.45, 2.75) is 27.1 Å². The normalized spacial score (nSPS) is 11.3. The first-order chi connectivity index (χ1) is 14.5. The third-order valence-corrected chi connectivity index (χ3v) is 4.65. The molecule has 0 aliphatic carbocycles. The highest BCUT2D eigenvalue weighted by Crippen LogP contribution is 2.10. The molecule has 0 radical (unpaired) electrons. The molecule has 0 atom stereocenters. The molecule has 160 valence electrons. The van der Waals surface area contributed by atoms with Crippen molar-refractivity contribution in [3.05, 3.63) is 52.1 Å². The minimum atomic E-state index is -0.409. The highest BCUT2D eigenvalue weighted by atomic mass is 16.6. The number of ether oxygens (including phenoxy) is 2. The molecule has 30 heavy (non-hydrogen) atoms. The number of rotatable bonds is 10. The van der Waals surface area contributed by atoms with Crippen molar-refractivity contribution in [2.24, 2.45) is 0 Å². The summed E-state index contributed by atoms with van der Waals surface area (Å²) in [6.07, 6.45) is 1.44. The number of imidazole rings is 1. The van der Waals surface area contributed by atoms with Gasteiger partial charge in [0.25, 0.3) is 5.56 Å². The van der Waals surface area contributed by atoms with Gasteiger partial charge in [0.15, 0.2) is 11.2 Å². The van der Waals surface area contributed by atoms with E-state index in [2.05, 4.69) is 33.7 Å². The van der Waals surface area contributed by atoms with Crippen LogP contribution in [0, 0.1) is 0 Å². The van der Waals surface area contributed by atoms with Crippen molar-refractivity contribution in [2.75, 3.05) is 32.0 Å². The van der Waals surface area contributed by atoms with Crippen LogP contribution in [0.2, 0.25) is 0 Å². The number of aromatic nitrogens is 4. The van der Waals surface area contributed by atoms with E-state index in [1.54, 1.807) is 10.6 Å². The van der Waals surface area contributed by atoms with Gasteiger partial charge in [0.2, 0.25) is 5.95 Å². The molecule has 10 nitrogen and oxygen atoms in total. The number of carbonyl (C=O) groups is 1. The van der Waals surface area contributed by atoms with Gasteiger partial charge in [-0.15, -0.1) is 0 Å². The topological polar surface area (TPSA) is 128 Å². The molecule has 3 N–H and O–H groups in total. The van der Waals surface area contributed by atoms with E-state index in [0.717, 1.165) is 25.2 Å². The van der Waals surface area contributed by atoms with Gasteiger partial charge in [-0.1, -0.05) is 26.0 Å². The zero-order valence-corrected chi connectivity index (χ0v) is 17.1. The molecule has 3 aromatic rings. The maximum absolute atomic E-state index is 12.3. The third-order valence-electron chi connectivity index (χ3n) is 4.65. The lowest BCUT2D eigenvalue weighted by atomic mass is 10.1. The number of nitrogens with zero attached hydrogens (tertiary/aromatic N) is 4. The van der Waals surface area contributed by atoms with Crippen LogP contribution in [0.25, 0.3) is 11.2 Å². The fourth-order valence-corrected chi connectivity index (χ4v) is 3.01. The van der Waals surface area contributed by atoms with Gasteiger partial charge in [-0.3, -0.25) is 19.2 Å². The Bertz CT molecular complexity index is 1060. The second-order valence-corrected chi connectivity index (χ2v) is 6.67. The smallest absolute Gasteiger partial charge is 0.338 e. The number of hydrogen-bond donors (Lipinski definition) is 2. The van der Waals surface area contributed by atoms with Crippen molar-refractivity contribution in [1.82, 2.24) is 24.4 Å². The molecule has 0 spiro atoms. The number of carbonyl (C=O) groups excluding carboxylic acids is 1. The number of benzene rings is 1. The molecule has 0 fully saturated rings. The van der Waals surface area contributed by atoms with E-state index in [0.29, 0.717) is 11.2 Å². The number of nitrogen functional groups attached to an aromatic ring is 1. The van der Waals surface area contributed by atoms with E-state index >= 15 is 0 Å². The molecule has 0 saturated heterocycles. The Balaban J connectivity index is 1.48. The molecule has 0 aliphatic rings. The molecule has 0 saturated carbocycles. The first-order valence-corrected chi connectivity index (χ1v) is 9.78. The van der Waals surface area contributed by atoms with Crippen LogP contribution in [0.15, 0.2) is 35.4 Å². The average Bonchev–Trinajstić information content (AvgIpc) is 3.15. The average molecular weight is 414 g/mol. The van der Waals surface area contributed by atoms with Crippen LogP contribution in [-0.2, 0) is 22.7 Å². The summed E-state index contributed by atoms with van der Waals surface area (Å²) in [6.45, 7) is 7.29. The third kappa shape index (κ3) is 5.22. The Morgan fingerprint density at radius 2 is 2.07 bits per heavy atom. The van der Waals surface area contributed by atoms with Gasteiger partial charge in [-0.2, -0.15) is 4.98 Å². The minimum Gasteiger partial charge on any atom is -0.460 e. The van der Waals surface area contributed by atoms with Crippen LogP contribution in [-0.4, -0.2) is 56.7 Å². The molecule has 3 rings (SSSR count). The van der Waals surface area contributed by atoms with Crippen LogP contribution in [0.3, 0.4) is 0 Å². The second-order valence-electron chi connectivity index (χ2n) is 6.67. The number of aromatic amines is 1. The lowest BCUT2D eigenvalue weighted by molar-refractivity contribution is 0.0180. The van der Waals surface area contributed by atoms with E-state index in [4.69, 9.17) is 15.2 Å². The van der Waals surface area contributed by atoms with E-state index in [9.17, 15) is 9.59 Å². The number of hydrogen-bond acceptors (Lipinski definition) is 8. The van der Waals surface area contributed by atoms with Crippen LogP contribution >= 0.6 is 0 Å². The van der Waals surface area contributed by atoms with Crippen LogP contribution in [0.4, 0.5) is 5.95 Å². The summed E-state index contributed by atoms with van der Waals surface area (Å²) in [4.78, 5) is 36.8. The maximum Gasteiger partial charge on any atom is 0.338 e. The van der Waals surface area contributed by atoms with Crippen LogP contribution < -0.4 is 11.3 Å². The lowest BCUT2D eigenvalue weighted by Crippen LogP contribution is -2.22. The van der Waals surface area contributed by atoms with Gasteiger partial charge in [-0.25, -0.2) is 9.78 Å². The molecule has 0 amide bonds. The molecule has 0 bridgehead atoms. The number of fused-ring (bicyclic) bond motifs is 1. The Kier molecular flexibility index (Phi) is 7.15. The first-order valence-electron chi connectivity index (χ1n) is 9.78. The second kappa shape index (κ2) is 9.99. The minimum absolute atomic E-state index is 0.00593. The fourth-order valence-electron chi connectivity index (χ4n) is 3.01. The Labute approximate surface area is 173 Å². The molecule has 0 aliphatic heterocycles. The summed E-state index contributed by atoms with van der Waals surface area (Å²) in [5.74, 6) is -0.388. The molecule has 1 aromatic carbocycles. The quantitative estimate of drug-likeness (QED) is 0.376. The molecule has 0 unspecified atom stereocenters. The summed E-state index contributed by atoms with van der Waals surface area (Å²) in [7, 11) is 0. The lowest BCUT2D eigenvalue weighted by Gasteiger charge is -2.18. The Hall–Kier alpha value is -3.24. The number of nitrogens with one attached hydrogen (secondary N) is 1. The molecule has 10 heteroatoms. The first kappa shape index (κ1) is 21.5. The van der Waals surface area contributed by atoms with Gasteiger partial charge in [0.1, 0.15) is 13.3 Å². The zero-order chi connectivity index (χ0) is 21.5. The summed E-state index contributed by atoms with van der Waals surface area (Å²) in [5, 5.41) is 0. The summed E-state index contributed by atoms with van der Waals surface area (Å²) in [6, 6.07) is 7.45. The zero-order valence-electron chi connectivity index (χ0n) is 17.1. The predicted octanol–water partition coefficient (Wildman–Crippen LogP) is 1.37. The van der Waals surface area contributed by atoms with E-state index in [1.165, 1.54) is 6.33 Å². The van der Waals surface area contributed by atoms with Crippen molar-refractivity contribution in [3.63, 3.8) is 0 Å². The van der Waals surface area contributed by atoms with Crippen molar-refractivity contribution in [3.8, 4) is 0 Å². The number of nitrogens with two attached hydrogens (primary N) is 1. The van der Waals surface area contributed by atoms with Gasteiger partial charge in [-0.05, 0) is 30.8 Å². The highest BCUT2D eigenvalue weighted by Gasteiger charge is 2.11.